The lowest BCUT2D eigenvalue weighted by Crippen LogP contribution is -2.53. The molecule has 2 rings (SSSR count). The van der Waals surface area contributed by atoms with Gasteiger partial charge in [0, 0.05) is 25.2 Å². The number of urea groups is 1. The minimum atomic E-state index is 0.118. The highest BCUT2D eigenvalue weighted by atomic mass is 16.2. The molecule has 4 heteroatoms. The van der Waals surface area contributed by atoms with Crippen LogP contribution in [0.1, 0.15) is 51.4 Å². The fraction of sp³-hybridized carbons (Fsp3) is 0.923. The van der Waals surface area contributed by atoms with Gasteiger partial charge >= 0.3 is 6.03 Å². The first-order valence-corrected chi connectivity index (χ1v) is 7.08. The van der Waals surface area contributed by atoms with Crippen LogP contribution in [0.2, 0.25) is 0 Å². The summed E-state index contributed by atoms with van der Waals surface area (Å²) in [6.07, 6.45) is 9.68. The van der Waals surface area contributed by atoms with Crippen LogP contribution < -0.4 is 11.1 Å². The fourth-order valence-corrected chi connectivity index (χ4v) is 2.79. The molecular weight excluding hydrogens is 214 g/mol. The average Bonchev–Trinajstić information content (AvgIpc) is 2.27. The number of hydrogen-bond acceptors (Lipinski definition) is 2. The molecule has 0 saturated heterocycles. The number of rotatable bonds is 4. The van der Waals surface area contributed by atoms with Crippen molar-refractivity contribution < 1.29 is 4.79 Å². The van der Waals surface area contributed by atoms with Crippen molar-refractivity contribution in [3.8, 4) is 0 Å². The van der Waals surface area contributed by atoms with Crippen LogP contribution >= 0.6 is 0 Å². The van der Waals surface area contributed by atoms with Crippen molar-refractivity contribution in [2.45, 2.75) is 63.5 Å². The molecule has 2 saturated carbocycles. The molecule has 2 fully saturated rings. The molecule has 98 valence electrons. The molecule has 0 aromatic heterocycles. The Morgan fingerprint density at radius 2 is 1.82 bits per heavy atom. The summed E-state index contributed by atoms with van der Waals surface area (Å²) in [6, 6.07) is 0.964. The van der Waals surface area contributed by atoms with Gasteiger partial charge in [0.05, 0.1) is 0 Å². The SMILES string of the molecule is NCCN(C(=O)NC1CCCCC1)C1CCC1. The van der Waals surface area contributed by atoms with Crippen molar-refractivity contribution in [3.63, 3.8) is 0 Å². The maximum Gasteiger partial charge on any atom is 0.317 e. The van der Waals surface area contributed by atoms with Crippen molar-refractivity contribution in [1.82, 2.24) is 10.2 Å². The molecule has 0 spiro atoms. The van der Waals surface area contributed by atoms with Crippen LogP contribution in [0.15, 0.2) is 0 Å². The molecule has 2 aliphatic carbocycles. The number of hydrogen-bond donors (Lipinski definition) is 2. The van der Waals surface area contributed by atoms with E-state index in [1.54, 1.807) is 0 Å². The Morgan fingerprint density at radius 1 is 1.12 bits per heavy atom. The first-order chi connectivity index (χ1) is 8.31. The van der Waals surface area contributed by atoms with E-state index < -0.39 is 0 Å². The predicted octanol–water partition coefficient (Wildman–Crippen LogP) is 1.84. The summed E-state index contributed by atoms with van der Waals surface area (Å²) in [6.45, 7) is 1.26. The molecular formula is C13H25N3O. The lowest BCUT2D eigenvalue weighted by molar-refractivity contribution is 0.135. The number of nitrogens with two attached hydrogens (primary N) is 1. The highest BCUT2D eigenvalue weighted by Gasteiger charge is 2.29. The standard InChI is InChI=1S/C13H25N3O/c14-9-10-16(12-7-4-8-12)13(17)15-11-5-2-1-3-6-11/h11-12H,1-10,14H2,(H,15,17). The predicted molar refractivity (Wildman–Crippen MR) is 68.8 cm³/mol. The van der Waals surface area contributed by atoms with Gasteiger partial charge in [0.2, 0.25) is 0 Å². The molecule has 2 amide bonds. The maximum atomic E-state index is 12.2. The van der Waals surface area contributed by atoms with Crippen LogP contribution in [0.3, 0.4) is 0 Å². The number of nitrogens with one attached hydrogen (secondary N) is 1. The first-order valence-electron chi connectivity index (χ1n) is 7.08. The van der Waals surface area contributed by atoms with E-state index in [-0.39, 0.29) is 6.03 Å². The van der Waals surface area contributed by atoms with Gasteiger partial charge in [0.1, 0.15) is 0 Å². The summed E-state index contributed by atoms with van der Waals surface area (Å²) in [5.74, 6) is 0. The van der Waals surface area contributed by atoms with Crippen molar-refractivity contribution in [1.29, 1.82) is 0 Å². The van der Waals surface area contributed by atoms with E-state index in [0.29, 0.717) is 25.2 Å². The summed E-state index contributed by atoms with van der Waals surface area (Å²) in [7, 11) is 0. The summed E-state index contributed by atoms with van der Waals surface area (Å²) in [5, 5.41) is 3.18. The zero-order valence-corrected chi connectivity index (χ0v) is 10.7. The summed E-state index contributed by atoms with van der Waals surface area (Å²) in [5.41, 5.74) is 5.60. The van der Waals surface area contributed by atoms with Gasteiger partial charge < -0.3 is 16.0 Å². The summed E-state index contributed by atoms with van der Waals surface area (Å²) < 4.78 is 0. The molecule has 0 aromatic carbocycles. The number of carbonyl (C=O) groups excluding carboxylic acids is 1. The molecule has 2 aliphatic rings. The maximum absolute atomic E-state index is 12.2. The van der Waals surface area contributed by atoms with Crippen molar-refractivity contribution >= 4 is 6.03 Å². The molecule has 0 unspecified atom stereocenters. The van der Waals surface area contributed by atoms with E-state index >= 15 is 0 Å². The molecule has 0 heterocycles. The quantitative estimate of drug-likeness (QED) is 0.786. The van der Waals surface area contributed by atoms with Gasteiger partial charge in [-0.25, -0.2) is 4.79 Å². The Bertz CT molecular complexity index is 247. The molecule has 4 nitrogen and oxygen atoms in total. The summed E-state index contributed by atoms with van der Waals surface area (Å²) in [4.78, 5) is 14.2. The molecule has 0 aromatic rings. The first kappa shape index (κ1) is 12.7. The zero-order chi connectivity index (χ0) is 12.1. The normalized spacial score (nSPS) is 21.9. The third kappa shape index (κ3) is 3.35. The lowest BCUT2D eigenvalue weighted by atomic mass is 9.91. The summed E-state index contributed by atoms with van der Waals surface area (Å²) >= 11 is 0. The Balaban J connectivity index is 1.81. The van der Waals surface area contributed by atoms with Crippen molar-refractivity contribution in [2.75, 3.05) is 13.1 Å². The van der Waals surface area contributed by atoms with Gasteiger partial charge in [-0.3, -0.25) is 0 Å². The van der Waals surface area contributed by atoms with Crippen LogP contribution in [0.4, 0.5) is 4.79 Å². The molecule has 0 atom stereocenters. The van der Waals surface area contributed by atoms with Crippen LogP contribution in [0.25, 0.3) is 0 Å². The Hall–Kier alpha value is -0.770. The van der Waals surface area contributed by atoms with E-state index in [1.165, 1.54) is 25.7 Å². The van der Waals surface area contributed by atoms with Gasteiger partial charge in [-0.1, -0.05) is 19.3 Å². The van der Waals surface area contributed by atoms with Crippen LogP contribution in [0.5, 0.6) is 0 Å². The number of carbonyl (C=O) groups is 1. The second-order valence-corrected chi connectivity index (χ2v) is 5.35. The highest BCUT2D eigenvalue weighted by Crippen LogP contribution is 2.25. The van der Waals surface area contributed by atoms with Crippen molar-refractivity contribution in [3.05, 3.63) is 0 Å². The lowest BCUT2D eigenvalue weighted by Gasteiger charge is -2.38. The molecule has 0 radical (unpaired) electrons. The van der Waals surface area contributed by atoms with E-state index in [4.69, 9.17) is 5.73 Å². The molecule has 17 heavy (non-hydrogen) atoms. The van der Waals surface area contributed by atoms with Gasteiger partial charge in [0.25, 0.3) is 0 Å². The minimum Gasteiger partial charge on any atom is -0.335 e. The Labute approximate surface area is 104 Å². The van der Waals surface area contributed by atoms with E-state index in [2.05, 4.69) is 5.32 Å². The molecule has 0 aliphatic heterocycles. The third-order valence-corrected chi connectivity index (χ3v) is 4.08. The van der Waals surface area contributed by atoms with Crippen LogP contribution in [-0.2, 0) is 0 Å². The number of amides is 2. The number of nitrogens with zero attached hydrogens (tertiary/aromatic N) is 1. The minimum absolute atomic E-state index is 0.118. The third-order valence-electron chi connectivity index (χ3n) is 4.08. The Morgan fingerprint density at radius 3 is 2.35 bits per heavy atom. The largest absolute Gasteiger partial charge is 0.335 e. The highest BCUT2D eigenvalue weighted by molar-refractivity contribution is 5.75. The second kappa shape index (κ2) is 6.24. The topological polar surface area (TPSA) is 58.4 Å². The molecule has 3 N–H and O–H groups in total. The van der Waals surface area contributed by atoms with Crippen LogP contribution in [-0.4, -0.2) is 36.1 Å². The van der Waals surface area contributed by atoms with Gasteiger partial charge in [0.15, 0.2) is 0 Å². The van der Waals surface area contributed by atoms with E-state index in [0.717, 1.165) is 25.7 Å². The van der Waals surface area contributed by atoms with Gasteiger partial charge in [-0.15, -0.1) is 0 Å². The average molecular weight is 239 g/mol. The van der Waals surface area contributed by atoms with E-state index in [1.807, 2.05) is 4.90 Å². The van der Waals surface area contributed by atoms with Crippen molar-refractivity contribution in [2.24, 2.45) is 5.73 Å². The molecule has 0 bridgehead atoms. The monoisotopic (exact) mass is 239 g/mol. The van der Waals surface area contributed by atoms with E-state index in [9.17, 15) is 4.79 Å². The zero-order valence-electron chi connectivity index (χ0n) is 10.7. The van der Waals surface area contributed by atoms with Gasteiger partial charge in [-0.05, 0) is 32.1 Å². The fourth-order valence-electron chi connectivity index (χ4n) is 2.79. The smallest absolute Gasteiger partial charge is 0.317 e. The Kier molecular flexibility index (Phi) is 4.66. The van der Waals surface area contributed by atoms with Crippen LogP contribution in [0, 0.1) is 0 Å². The second-order valence-electron chi connectivity index (χ2n) is 5.35. The van der Waals surface area contributed by atoms with Gasteiger partial charge in [-0.2, -0.15) is 0 Å².